The van der Waals surface area contributed by atoms with Gasteiger partial charge in [0.2, 0.25) is 5.91 Å². The summed E-state index contributed by atoms with van der Waals surface area (Å²) in [6.07, 6.45) is 0.751. The number of amides is 1. The fraction of sp³-hybridized carbons (Fsp3) is 0.160. The van der Waals surface area contributed by atoms with Crippen molar-refractivity contribution >= 4 is 45.0 Å². The van der Waals surface area contributed by atoms with Crippen molar-refractivity contribution in [3.05, 3.63) is 104 Å². The van der Waals surface area contributed by atoms with Crippen molar-refractivity contribution in [2.24, 2.45) is 0 Å². The van der Waals surface area contributed by atoms with Gasteiger partial charge in [-0.05, 0) is 77.4 Å². The number of nitrogens with zero attached hydrogens (tertiary/aromatic N) is 1. The van der Waals surface area contributed by atoms with E-state index in [-0.39, 0.29) is 11.8 Å². The van der Waals surface area contributed by atoms with Gasteiger partial charge in [0.25, 0.3) is 0 Å². The molecule has 1 aliphatic carbocycles. The molecule has 31 heavy (non-hydrogen) atoms. The van der Waals surface area contributed by atoms with E-state index in [4.69, 9.17) is 4.52 Å². The number of benzene rings is 3. The molecule has 3 aromatic carbocycles. The minimum absolute atomic E-state index is 0.0458. The molecule has 5 nitrogen and oxygen atoms in total. The van der Waals surface area contributed by atoms with Crippen LogP contribution in [0.1, 0.15) is 29.2 Å². The molecule has 2 atom stereocenters. The summed E-state index contributed by atoms with van der Waals surface area (Å²) in [7, 11) is 0. The summed E-state index contributed by atoms with van der Waals surface area (Å²) in [6, 6.07) is 23.5. The van der Waals surface area contributed by atoms with Gasteiger partial charge < -0.3 is 9.84 Å². The summed E-state index contributed by atoms with van der Waals surface area (Å²) < 4.78 is 5.92. The number of aromatic nitrogens is 1. The highest BCUT2D eigenvalue weighted by atomic mass is 127. The molecule has 5 rings (SSSR count). The Morgan fingerprint density at radius 1 is 1.06 bits per heavy atom. The third-order valence-electron chi connectivity index (χ3n) is 6.08. The van der Waals surface area contributed by atoms with Crippen LogP contribution in [0.3, 0.4) is 0 Å². The van der Waals surface area contributed by atoms with Gasteiger partial charge in [-0.25, -0.2) is 4.79 Å². The molecule has 0 spiro atoms. The fourth-order valence-corrected chi connectivity index (χ4v) is 4.71. The van der Waals surface area contributed by atoms with E-state index in [0.29, 0.717) is 22.2 Å². The Kier molecular flexibility index (Phi) is 4.89. The van der Waals surface area contributed by atoms with Crippen molar-refractivity contribution in [3.63, 3.8) is 0 Å². The van der Waals surface area contributed by atoms with E-state index in [2.05, 4.69) is 45.2 Å². The molecule has 6 heteroatoms. The van der Waals surface area contributed by atoms with Crippen LogP contribution in [0.15, 0.2) is 82.1 Å². The summed E-state index contributed by atoms with van der Waals surface area (Å²) in [4.78, 5) is 25.6. The maximum absolute atomic E-state index is 13.6. The fourth-order valence-electron chi connectivity index (χ4n) is 4.35. The van der Waals surface area contributed by atoms with E-state index < -0.39 is 11.0 Å². The average Bonchev–Trinajstić information content (AvgIpc) is 3.55. The lowest BCUT2D eigenvalue weighted by Crippen LogP contribution is -2.29. The molecule has 0 aliphatic heterocycles. The topological polar surface area (TPSA) is 72.2 Å². The lowest BCUT2D eigenvalue weighted by atomic mass is 9.89. The number of rotatable bonds is 4. The quantitative estimate of drug-likeness (QED) is 0.376. The zero-order chi connectivity index (χ0) is 21.6. The maximum atomic E-state index is 13.6. The van der Waals surface area contributed by atoms with Gasteiger partial charge in [0.05, 0.1) is 16.5 Å². The van der Waals surface area contributed by atoms with E-state index in [1.165, 1.54) is 0 Å². The number of hydrogen-bond acceptors (Lipinski definition) is 4. The second-order valence-corrected chi connectivity index (χ2v) is 9.16. The third kappa shape index (κ3) is 3.44. The van der Waals surface area contributed by atoms with Gasteiger partial charge in [-0.2, -0.15) is 0 Å². The van der Waals surface area contributed by atoms with Crippen LogP contribution < -0.4 is 10.9 Å². The van der Waals surface area contributed by atoms with Gasteiger partial charge in [-0.3, -0.25) is 4.79 Å². The van der Waals surface area contributed by atoms with Crippen molar-refractivity contribution < 1.29 is 9.32 Å². The van der Waals surface area contributed by atoms with Gasteiger partial charge in [0, 0.05) is 20.6 Å². The molecule has 1 heterocycles. The Labute approximate surface area is 192 Å². The number of carbonyl (C=O) groups is 1. The molecule has 154 valence electrons. The summed E-state index contributed by atoms with van der Waals surface area (Å²) in [5.74, 6) is 0.0696. The first-order chi connectivity index (χ1) is 15.0. The van der Waals surface area contributed by atoms with Gasteiger partial charge >= 0.3 is 5.63 Å². The predicted molar refractivity (Wildman–Crippen MR) is 128 cm³/mol. The van der Waals surface area contributed by atoms with Crippen LogP contribution in [-0.2, 0) is 10.2 Å². The highest BCUT2D eigenvalue weighted by molar-refractivity contribution is 14.1. The van der Waals surface area contributed by atoms with Crippen molar-refractivity contribution in [2.75, 3.05) is 5.32 Å². The molecule has 1 N–H and O–H groups in total. The van der Waals surface area contributed by atoms with Crippen LogP contribution >= 0.6 is 22.6 Å². The normalized spacial score (nSPS) is 19.9. The monoisotopic (exact) mass is 522 g/mol. The largest absolute Gasteiger partial charge is 0.366 e. The Balaban J connectivity index is 1.53. The molecule has 1 fully saturated rings. The third-order valence-corrected chi connectivity index (χ3v) is 6.80. The van der Waals surface area contributed by atoms with E-state index in [9.17, 15) is 9.59 Å². The van der Waals surface area contributed by atoms with Crippen molar-refractivity contribution in [1.29, 1.82) is 0 Å². The molecule has 4 aromatic rings. The molecule has 1 aromatic heterocycles. The smallest absolute Gasteiger partial charge is 0.325 e. The lowest BCUT2D eigenvalue weighted by molar-refractivity contribution is -0.118. The highest BCUT2D eigenvalue weighted by Gasteiger charge is 2.61. The van der Waals surface area contributed by atoms with E-state index in [1.807, 2.05) is 42.5 Å². The number of aryl methyl sites for hydroxylation is 1. The van der Waals surface area contributed by atoms with Crippen LogP contribution in [0, 0.1) is 10.5 Å². The summed E-state index contributed by atoms with van der Waals surface area (Å²) in [5, 5.41) is 8.01. The zero-order valence-corrected chi connectivity index (χ0v) is 18.9. The van der Waals surface area contributed by atoms with Crippen LogP contribution in [0.25, 0.3) is 10.8 Å². The summed E-state index contributed by atoms with van der Waals surface area (Å²) in [6.45, 7) is 1.77. The van der Waals surface area contributed by atoms with Crippen LogP contribution in [-0.4, -0.2) is 11.1 Å². The number of fused-ring (bicyclic) bond motifs is 1. The van der Waals surface area contributed by atoms with Gasteiger partial charge in [0.15, 0.2) is 0 Å². The second-order valence-electron chi connectivity index (χ2n) is 7.92. The minimum atomic E-state index is -0.621. The zero-order valence-electron chi connectivity index (χ0n) is 16.8. The molecule has 2 unspecified atom stereocenters. The first-order valence-electron chi connectivity index (χ1n) is 10.0. The van der Waals surface area contributed by atoms with Crippen LogP contribution in [0.2, 0.25) is 0 Å². The van der Waals surface area contributed by atoms with Gasteiger partial charge in [0.1, 0.15) is 0 Å². The molecular formula is C25H19IN2O3. The first kappa shape index (κ1) is 19.9. The minimum Gasteiger partial charge on any atom is -0.325 e. The van der Waals surface area contributed by atoms with Crippen molar-refractivity contribution in [1.82, 2.24) is 5.16 Å². The molecule has 0 saturated heterocycles. The molecular weight excluding hydrogens is 503 g/mol. The van der Waals surface area contributed by atoms with E-state index in [0.717, 1.165) is 21.1 Å². The molecule has 0 radical (unpaired) electrons. The number of nitrogens with one attached hydrogen (secondary N) is 1. The van der Waals surface area contributed by atoms with Crippen LogP contribution in [0.4, 0.5) is 5.69 Å². The first-order valence-corrected chi connectivity index (χ1v) is 11.1. The SMILES string of the molecule is Cc1noc(=O)c2ccc(NC(=O)C3(c4ccc(I)cc4)CC3c3ccccc3)cc12. The van der Waals surface area contributed by atoms with E-state index >= 15 is 0 Å². The molecule has 0 bridgehead atoms. The van der Waals surface area contributed by atoms with Crippen LogP contribution in [0.5, 0.6) is 0 Å². The predicted octanol–water partition coefficient (Wildman–Crippen LogP) is 5.17. The second kappa shape index (κ2) is 7.60. The van der Waals surface area contributed by atoms with Crippen molar-refractivity contribution in [2.45, 2.75) is 24.7 Å². The summed E-state index contributed by atoms with van der Waals surface area (Å²) >= 11 is 2.27. The maximum Gasteiger partial charge on any atom is 0.366 e. The Morgan fingerprint density at radius 2 is 1.81 bits per heavy atom. The molecule has 1 saturated carbocycles. The summed E-state index contributed by atoms with van der Waals surface area (Å²) in [5.41, 5.74) is 2.30. The number of halogens is 1. The Bertz CT molecular complexity index is 1350. The number of anilines is 1. The standard InChI is InChI=1S/C25H19IN2O3/c1-15-21-13-19(11-12-20(21)23(29)31-28-15)27-24(30)25(17-7-9-18(26)10-8-17)14-22(25)16-5-3-2-4-6-16/h2-13,22H,14H2,1H3,(H,27,30). The van der Waals surface area contributed by atoms with Crippen molar-refractivity contribution in [3.8, 4) is 0 Å². The Morgan fingerprint density at radius 3 is 2.55 bits per heavy atom. The average molecular weight is 522 g/mol. The lowest BCUT2D eigenvalue weighted by Gasteiger charge is -2.19. The van der Waals surface area contributed by atoms with Gasteiger partial charge in [-0.15, -0.1) is 0 Å². The Hall–Kier alpha value is -3.00. The molecule has 1 aliphatic rings. The highest BCUT2D eigenvalue weighted by Crippen LogP contribution is 2.61. The number of hydrogen-bond donors (Lipinski definition) is 1. The number of carbonyl (C=O) groups excluding carboxylic acids is 1. The molecule has 1 amide bonds. The van der Waals surface area contributed by atoms with E-state index in [1.54, 1.807) is 25.1 Å². The van der Waals surface area contributed by atoms with Gasteiger partial charge in [-0.1, -0.05) is 47.6 Å².